The van der Waals surface area contributed by atoms with Gasteiger partial charge in [0.15, 0.2) is 0 Å². The lowest BCUT2D eigenvalue weighted by Crippen LogP contribution is -2.43. The van der Waals surface area contributed by atoms with E-state index in [0.29, 0.717) is 17.9 Å². The molecule has 20 heavy (non-hydrogen) atoms. The molecule has 1 N–H and O–H groups in total. The van der Waals surface area contributed by atoms with Gasteiger partial charge in [0.05, 0.1) is 17.9 Å². The van der Waals surface area contributed by atoms with E-state index in [9.17, 15) is 13.2 Å². The summed E-state index contributed by atoms with van der Waals surface area (Å²) in [4.78, 5) is 11.7. The maximum absolute atomic E-state index is 12.0. The van der Waals surface area contributed by atoms with Crippen LogP contribution in [-0.2, 0) is 21.5 Å². The number of ether oxygens (including phenoxy) is 1. The quantitative estimate of drug-likeness (QED) is 0.863. The Morgan fingerprint density at radius 3 is 2.75 bits per heavy atom. The summed E-state index contributed by atoms with van der Waals surface area (Å²) in [6.07, 6.45) is 0. The van der Waals surface area contributed by atoms with E-state index in [0.717, 1.165) is 5.56 Å². The summed E-state index contributed by atoms with van der Waals surface area (Å²) in [5, 5.41) is 0. The zero-order chi connectivity index (χ0) is 14.9. The molecule has 6 nitrogen and oxygen atoms in total. The first kappa shape index (κ1) is 14.8. The standard InChI is InChI=1S/C13H18N2O4S/c1-4-19-13(16)10-5-6-12-11(7-10)8-15(9(2)3)20(17,18)14-12/h5-7,9,14H,4,8H2,1-3H3. The first-order valence-electron chi connectivity index (χ1n) is 6.44. The van der Waals surface area contributed by atoms with Crippen LogP contribution >= 0.6 is 0 Å². The predicted molar refractivity (Wildman–Crippen MR) is 75.6 cm³/mol. The fourth-order valence-corrected chi connectivity index (χ4v) is 3.53. The molecule has 1 heterocycles. The van der Waals surface area contributed by atoms with Crippen molar-refractivity contribution in [3.05, 3.63) is 29.3 Å². The topological polar surface area (TPSA) is 75.7 Å². The Labute approximate surface area is 118 Å². The van der Waals surface area contributed by atoms with Gasteiger partial charge in [-0.2, -0.15) is 12.7 Å². The predicted octanol–water partition coefficient (Wildman–Crippen LogP) is 1.74. The Bertz CT molecular complexity index is 625. The molecule has 0 bridgehead atoms. The van der Waals surface area contributed by atoms with E-state index in [1.807, 2.05) is 0 Å². The van der Waals surface area contributed by atoms with Crippen LogP contribution in [0.1, 0.15) is 36.7 Å². The second kappa shape index (κ2) is 5.41. The second-order valence-electron chi connectivity index (χ2n) is 4.84. The highest BCUT2D eigenvalue weighted by Crippen LogP contribution is 2.28. The molecule has 0 aromatic heterocycles. The van der Waals surface area contributed by atoms with E-state index >= 15 is 0 Å². The van der Waals surface area contributed by atoms with Crippen molar-refractivity contribution in [1.29, 1.82) is 0 Å². The monoisotopic (exact) mass is 298 g/mol. The van der Waals surface area contributed by atoms with Crippen molar-refractivity contribution >= 4 is 21.9 Å². The summed E-state index contributed by atoms with van der Waals surface area (Å²) in [6, 6.07) is 4.66. The molecule has 1 aliphatic heterocycles. The first-order valence-corrected chi connectivity index (χ1v) is 7.88. The zero-order valence-electron chi connectivity index (χ0n) is 11.7. The molecule has 0 saturated heterocycles. The molecule has 0 atom stereocenters. The second-order valence-corrected chi connectivity index (χ2v) is 6.46. The van der Waals surface area contributed by atoms with Crippen molar-refractivity contribution in [2.45, 2.75) is 33.4 Å². The van der Waals surface area contributed by atoms with Crippen LogP contribution in [0.3, 0.4) is 0 Å². The molecule has 1 aromatic rings. The summed E-state index contributed by atoms with van der Waals surface area (Å²) >= 11 is 0. The third-order valence-electron chi connectivity index (χ3n) is 3.07. The number of benzene rings is 1. The van der Waals surface area contributed by atoms with Crippen LogP contribution < -0.4 is 4.72 Å². The number of anilines is 1. The van der Waals surface area contributed by atoms with Crippen molar-refractivity contribution in [2.75, 3.05) is 11.3 Å². The largest absolute Gasteiger partial charge is 0.462 e. The molecule has 0 saturated carbocycles. The number of esters is 1. The highest BCUT2D eigenvalue weighted by atomic mass is 32.2. The molecule has 110 valence electrons. The third kappa shape index (κ3) is 2.78. The number of hydrogen-bond acceptors (Lipinski definition) is 4. The van der Waals surface area contributed by atoms with Gasteiger partial charge in [-0.3, -0.25) is 4.72 Å². The fraction of sp³-hybridized carbons (Fsp3) is 0.462. The van der Waals surface area contributed by atoms with Crippen molar-refractivity contribution in [2.24, 2.45) is 0 Å². The van der Waals surface area contributed by atoms with Crippen molar-refractivity contribution in [3.8, 4) is 0 Å². The molecule has 1 aromatic carbocycles. The Hall–Kier alpha value is -1.60. The minimum atomic E-state index is -3.51. The van der Waals surface area contributed by atoms with Gasteiger partial charge >= 0.3 is 16.2 Å². The van der Waals surface area contributed by atoms with Crippen LogP contribution in [0, 0.1) is 0 Å². The molecule has 7 heteroatoms. The zero-order valence-corrected chi connectivity index (χ0v) is 12.5. The van der Waals surface area contributed by atoms with Crippen LogP contribution in [0.4, 0.5) is 5.69 Å². The summed E-state index contributed by atoms with van der Waals surface area (Å²) in [6.45, 7) is 5.90. The van der Waals surface area contributed by atoms with Gasteiger partial charge in [-0.15, -0.1) is 0 Å². The van der Waals surface area contributed by atoms with E-state index in [1.165, 1.54) is 4.31 Å². The van der Waals surface area contributed by atoms with E-state index < -0.39 is 16.2 Å². The first-order chi connectivity index (χ1) is 9.35. The minimum absolute atomic E-state index is 0.160. The molecule has 0 fully saturated rings. The van der Waals surface area contributed by atoms with E-state index in [4.69, 9.17) is 4.74 Å². The molecule has 0 spiro atoms. The smallest absolute Gasteiger partial charge is 0.338 e. The SMILES string of the molecule is CCOC(=O)c1ccc2c(c1)CN(C(C)C)S(=O)(=O)N2. The number of carbonyl (C=O) groups is 1. The van der Waals surface area contributed by atoms with Gasteiger partial charge in [-0.25, -0.2) is 4.79 Å². The molecule has 0 radical (unpaired) electrons. The van der Waals surface area contributed by atoms with Gasteiger partial charge in [0.1, 0.15) is 0 Å². The normalized spacial score (nSPS) is 17.4. The molecular weight excluding hydrogens is 280 g/mol. The maximum Gasteiger partial charge on any atom is 0.338 e. The van der Waals surface area contributed by atoms with E-state index in [2.05, 4.69) is 4.72 Å². The lowest BCUT2D eigenvalue weighted by molar-refractivity contribution is 0.0526. The highest BCUT2D eigenvalue weighted by Gasteiger charge is 2.31. The summed E-state index contributed by atoms with van der Waals surface area (Å²) in [5.41, 5.74) is 1.70. The number of fused-ring (bicyclic) bond motifs is 1. The average Bonchev–Trinajstić information content (AvgIpc) is 2.36. The summed E-state index contributed by atoms with van der Waals surface area (Å²) in [7, 11) is -3.51. The Balaban J connectivity index is 2.37. The van der Waals surface area contributed by atoms with Crippen LogP contribution in [0.2, 0.25) is 0 Å². The average molecular weight is 298 g/mol. The van der Waals surface area contributed by atoms with Gasteiger partial charge in [-0.1, -0.05) is 0 Å². The fourth-order valence-electron chi connectivity index (χ4n) is 2.08. The molecule has 0 aliphatic carbocycles. The Kier molecular flexibility index (Phi) is 4.01. The van der Waals surface area contributed by atoms with Gasteiger partial charge in [0.25, 0.3) is 0 Å². The van der Waals surface area contributed by atoms with Gasteiger partial charge < -0.3 is 4.74 Å². The van der Waals surface area contributed by atoms with Crippen molar-refractivity contribution in [1.82, 2.24) is 4.31 Å². The van der Waals surface area contributed by atoms with Crippen LogP contribution in [0.15, 0.2) is 18.2 Å². The lowest BCUT2D eigenvalue weighted by Gasteiger charge is -2.32. The number of rotatable bonds is 3. The van der Waals surface area contributed by atoms with Crippen LogP contribution in [0.25, 0.3) is 0 Å². The number of hydrogen-bond donors (Lipinski definition) is 1. The van der Waals surface area contributed by atoms with Crippen LogP contribution in [0.5, 0.6) is 0 Å². The molecule has 2 rings (SSSR count). The van der Waals surface area contributed by atoms with Crippen LogP contribution in [-0.4, -0.2) is 31.3 Å². The molecule has 0 unspecified atom stereocenters. The van der Waals surface area contributed by atoms with Crippen molar-refractivity contribution in [3.63, 3.8) is 0 Å². The van der Waals surface area contributed by atoms with E-state index in [1.54, 1.807) is 39.0 Å². The summed E-state index contributed by atoms with van der Waals surface area (Å²) in [5.74, 6) is -0.403. The maximum atomic E-state index is 12.0. The lowest BCUT2D eigenvalue weighted by atomic mass is 10.1. The Morgan fingerprint density at radius 2 is 2.15 bits per heavy atom. The summed E-state index contributed by atoms with van der Waals surface area (Å²) < 4.78 is 32.9. The van der Waals surface area contributed by atoms with Gasteiger partial charge in [0, 0.05) is 12.6 Å². The number of nitrogens with one attached hydrogen (secondary N) is 1. The van der Waals surface area contributed by atoms with E-state index in [-0.39, 0.29) is 12.6 Å². The highest BCUT2D eigenvalue weighted by molar-refractivity contribution is 7.90. The van der Waals surface area contributed by atoms with Gasteiger partial charge in [0.2, 0.25) is 0 Å². The molecular formula is C13H18N2O4S. The number of nitrogens with zero attached hydrogens (tertiary/aromatic N) is 1. The molecule has 0 amide bonds. The Morgan fingerprint density at radius 1 is 1.45 bits per heavy atom. The third-order valence-corrected chi connectivity index (χ3v) is 4.71. The molecule has 1 aliphatic rings. The van der Waals surface area contributed by atoms with Crippen molar-refractivity contribution < 1.29 is 17.9 Å². The number of carbonyl (C=O) groups excluding carboxylic acids is 1. The minimum Gasteiger partial charge on any atom is -0.462 e. The van der Waals surface area contributed by atoms with Gasteiger partial charge in [-0.05, 0) is 44.5 Å².